The Morgan fingerprint density at radius 1 is 0.213 bits per heavy atom. The molecular weight excluding hydrogens is 1610 g/mol. The number of furan rings is 2. The van der Waals surface area contributed by atoms with Crippen LogP contribution < -0.4 is 10.2 Å². The lowest BCUT2D eigenvalue weighted by atomic mass is 9.68. The minimum Gasteiger partial charge on any atom is -0.456 e. The second-order valence-corrected chi connectivity index (χ2v) is 33.5. The number of nitrogens with one attached hydrogen (secondary N) is 1. The van der Waals surface area contributed by atoms with Crippen LogP contribution in [0.15, 0.2) is 511 Å². The Balaban J connectivity index is 0.000000129. The average Bonchev–Trinajstić information content (AvgIpc) is 1.54. The molecule has 2 aromatic heterocycles. The Hall–Kier alpha value is -15.9. The number of rotatable bonds is 15. The zero-order chi connectivity index (χ0) is 84.6. The Labute approximate surface area is 748 Å². The van der Waals surface area contributed by atoms with Crippen molar-refractivity contribution in [3.8, 4) is 89.0 Å². The lowest BCUT2D eigenvalue weighted by Crippen LogP contribution is -2.28. The van der Waals surface area contributed by atoms with Crippen LogP contribution in [-0.2, 0) is 10.8 Å². The Kier molecular flexibility index (Phi) is 20.3. The van der Waals surface area contributed by atoms with E-state index in [-0.39, 0.29) is 0 Å². The molecule has 0 amide bonds. The van der Waals surface area contributed by atoms with Gasteiger partial charge in [-0.1, -0.05) is 428 Å². The van der Waals surface area contributed by atoms with Crippen LogP contribution in [0.2, 0.25) is 0 Å². The van der Waals surface area contributed by atoms with Gasteiger partial charge in [0.2, 0.25) is 0 Å². The SMILES string of the molecule is Brc1ccc(-c2ccc(-c3ccccc3)cc2)cc1.c1ccc(-c2ccc(-c3ccc(N(c4ccc(-c5cccc6oc7ccccc7c56)cc4)c4cccc5c4-c4ccccc4C5(c4ccccc4)c4ccccc4)cc3)cc2)cc1.c1ccc(C2(c3ccccc3)c3ccccc3-c3c(Nc4ccc(-c5cccc6oc7ccccc7c56)cc4)cccc32)cc1. The Morgan fingerprint density at radius 2 is 0.504 bits per heavy atom. The van der Waals surface area contributed by atoms with Gasteiger partial charge < -0.3 is 19.1 Å². The maximum Gasteiger partial charge on any atom is 0.136 e. The molecule has 4 nitrogen and oxygen atoms in total. The van der Waals surface area contributed by atoms with Crippen molar-refractivity contribution < 1.29 is 8.83 Å². The van der Waals surface area contributed by atoms with Crippen molar-refractivity contribution in [2.45, 2.75) is 10.8 Å². The van der Waals surface area contributed by atoms with Crippen LogP contribution in [0.1, 0.15) is 44.5 Å². The molecule has 0 saturated heterocycles. The van der Waals surface area contributed by atoms with Crippen LogP contribution in [-0.4, -0.2) is 0 Å². The molecule has 0 radical (unpaired) electrons. The summed E-state index contributed by atoms with van der Waals surface area (Å²) in [4.78, 5) is 2.45. The third-order valence-electron chi connectivity index (χ3n) is 25.5. The first kappa shape index (κ1) is 77.2. The molecule has 0 fully saturated rings. The van der Waals surface area contributed by atoms with Gasteiger partial charge in [0.25, 0.3) is 0 Å². The number of benzene rings is 20. The summed E-state index contributed by atoms with van der Waals surface area (Å²) < 4.78 is 13.6. The van der Waals surface area contributed by atoms with Crippen molar-refractivity contribution in [3.63, 3.8) is 0 Å². The number of anilines is 5. The van der Waals surface area contributed by atoms with E-state index in [2.05, 4.69) is 487 Å². The van der Waals surface area contributed by atoms with Crippen molar-refractivity contribution in [1.82, 2.24) is 0 Å². The molecule has 2 aliphatic carbocycles. The molecule has 0 saturated carbocycles. The van der Waals surface area contributed by atoms with Gasteiger partial charge in [0.1, 0.15) is 22.3 Å². The summed E-state index contributed by atoms with van der Waals surface area (Å²) in [5.41, 5.74) is 37.7. The van der Waals surface area contributed by atoms with Crippen molar-refractivity contribution in [2.24, 2.45) is 0 Å². The molecule has 127 heavy (non-hydrogen) atoms. The first-order valence-corrected chi connectivity index (χ1v) is 44.1. The van der Waals surface area contributed by atoms with Crippen LogP contribution in [0.25, 0.3) is 133 Å². The van der Waals surface area contributed by atoms with Gasteiger partial charge in [0, 0.05) is 59.9 Å². The van der Waals surface area contributed by atoms with Crippen LogP contribution in [0, 0.1) is 0 Å². The van der Waals surface area contributed by atoms with E-state index in [0.717, 1.165) is 93.5 Å². The van der Waals surface area contributed by atoms with Crippen LogP contribution in [0.5, 0.6) is 0 Å². The lowest BCUT2D eigenvalue weighted by molar-refractivity contribution is 0.668. The molecule has 0 unspecified atom stereocenters. The van der Waals surface area contributed by atoms with Gasteiger partial charge in [0.05, 0.1) is 16.5 Å². The smallest absolute Gasteiger partial charge is 0.136 e. The average molecular weight is 1690 g/mol. The molecule has 2 aliphatic rings. The van der Waals surface area contributed by atoms with Crippen molar-refractivity contribution in [2.75, 3.05) is 10.2 Å². The van der Waals surface area contributed by atoms with Crippen LogP contribution in [0.4, 0.5) is 28.4 Å². The Bertz CT molecular complexity index is 7630. The zero-order valence-corrected chi connectivity index (χ0v) is 71.1. The molecule has 20 aromatic carbocycles. The standard InChI is InChI=1S/C61H41NO.C43H29NO.C18H13Br/c1-4-16-42(17-5-1)43-30-32-44(33-31-43)45-34-38-49(39-35-45)62(50-40-36-46(37-41-50)51-24-14-29-58-59(51)53-23-11-13-28-57(53)63-58)56-27-15-26-55-60(56)52-22-10-12-25-54(52)61(55,47-18-6-2-7-19-47)48-20-8-3-9-21-48;1-3-13-30(14-4-1)43(31-15-5-2-6-16-31)36-20-9-7-17-34(36)42-37(43)21-12-22-38(42)44-32-27-25-29(26-28-32)33-19-11-24-40-41(33)35-18-8-10-23-39(35)45-40;19-18-12-10-17(11-13-18)16-8-6-15(7-9-16)14-4-2-1-3-5-14/h1-41H;1-28,44H;1-13H. The summed E-state index contributed by atoms with van der Waals surface area (Å²) in [6, 6.07) is 179. The minimum atomic E-state index is -0.512. The normalized spacial score (nSPS) is 12.4. The van der Waals surface area contributed by atoms with E-state index in [0.29, 0.717) is 0 Å². The molecule has 600 valence electrons. The quantitative estimate of drug-likeness (QED) is 0.111. The van der Waals surface area contributed by atoms with Crippen molar-refractivity contribution in [1.29, 1.82) is 0 Å². The van der Waals surface area contributed by atoms with E-state index < -0.39 is 10.8 Å². The summed E-state index contributed by atoms with van der Waals surface area (Å²) in [5, 5.41) is 8.37. The third-order valence-corrected chi connectivity index (χ3v) is 26.0. The van der Waals surface area contributed by atoms with Gasteiger partial charge in [0.15, 0.2) is 0 Å². The van der Waals surface area contributed by atoms with Crippen molar-refractivity contribution in [3.05, 3.63) is 546 Å². The fraction of sp³-hybridized carbons (Fsp3) is 0.0164. The maximum absolute atomic E-state index is 6.30. The predicted octanol–water partition coefficient (Wildman–Crippen LogP) is 33.6. The van der Waals surface area contributed by atoms with Gasteiger partial charge in [-0.15, -0.1) is 0 Å². The first-order valence-electron chi connectivity index (χ1n) is 43.4. The van der Waals surface area contributed by atoms with Crippen molar-refractivity contribution >= 4 is 88.2 Å². The van der Waals surface area contributed by atoms with E-state index in [1.165, 1.54) is 117 Å². The molecule has 0 spiro atoms. The summed E-state index contributed by atoms with van der Waals surface area (Å²) >= 11 is 3.46. The van der Waals surface area contributed by atoms with Gasteiger partial charge in [-0.3, -0.25) is 0 Å². The molecule has 0 atom stereocenters. The lowest BCUT2D eigenvalue weighted by Gasteiger charge is -2.34. The van der Waals surface area contributed by atoms with E-state index >= 15 is 0 Å². The molecule has 24 rings (SSSR count). The molecular formula is C122H83BrN2O2. The minimum absolute atomic E-state index is 0.415. The van der Waals surface area contributed by atoms with Crippen LogP contribution in [0.3, 0.4) is 0 Å². The molecule has 0 aliphatic heterocycles. The molecule has 5 heteroatoms. The van der Waals surface area contributed by atoms with Gasteiger partial charge >= 0.3 is 0 Å². The van der Waals surface area contributed by atoms with Crippen LogP contribution >= 0.6 is 15.9 Å². The number of fused-ring (bicyclic) bond motifs is 12. The molecule has 22 aromatic rings. The second-order valence-electron chi connectivity index (χ2n) is 32.6. The summed E-state index contributed by atoms with van der Waals surface area (Å²) in [6.07, 6.45) is 0. The molecule has 2 heterocycles. The monoisotopic (exact) mass is 1690 g/mol. The highest BCUT2D eigenvalue weighted by Gasteiger charge is 2.49. The number of para-hydroxylation sites is 2. The molecule has 1 N–H and O–H groups in total. The zero-order valence-electron chi connectivity index (χ0n) is 69.5. The summed E-state index contributed by atoms with van der Waals surface area (Å²) in [5.74, 6) is 0. The topological polar surface area (TPSA) is 41.6 Å². The van der Waals surface area contributed by atoms with E-state index in [4.69, 9.17) is 8.83 Å². The highest BCUT2D eigenvalue weighted by Crippen LogP contribution is 2.61. The first-order chi connectivity index (χ1) is 62.9. The fourth-order valence-corrected chi connectivity index (χ4v) is 20.1. The maximum atomic E-state index is 6.30. The van der Waals surface area contributed by atoms with Gasteiger partial charge in [-0.25, -0.2) is 0 Å². The van der Waals surface area contributed by atoms with Gasteiger partial charge in [-0.05, 0) is 207 Å². The predicted molar refractivity (Wildman–Crippen MR) is 533 cm³/mol. The molecule has 0 bridgehead atoms. The van der Waals surface area contributed by atoms with E-state index in [9.17, 15) is 0 Å². The largest absolute Gasteiger partial charge is 0.456 e. The third kappa shape index (κ3) is 13.9. The summed E-state index contributed by atoms with van der Waals surface area (Å²) in [6.45, 7) is 0. The number of hydrogen-bond donors (Lipinski definition) is 1. The highest BCUT2D eigenvalue weighted by molar-refractivity contribution is 9.10. The summed E-state index contributed by atoms with van der Waals surface area (Å²) in [7, 11) is 0. The second kappa shape index (κ2) is 33.4. The highest BCUT2D eigenvalue weighted by atomic mass is 79.9. The van der Waals surface area contributed by atoms with E-state index in [1.807, 2.05) is 36.4 Å². The fourth-order valence-electron chi connectivity index (χ4n) is 19.8. The van der Waals surface area contributed by atoms with Gasteiger partial charge in [-0.2, -0.15) is 0 Å². The number of halogens is 1. The number of hydrogen-bond acceptors (Lipinski definition) is 4. The number of nitrogens with zero attached hydrogens (tertiary/aromatic N) is 1. The Morgan fingerprint density at radius 3 is 0.929 bits per heavy atom. The van der Waals surface area contributed by atoms with E-state index in [1.54, 1.807) is 0 Å².